The quantitative estimate of drug-likeness (QED) is 0.369. The maximum Gasteiger partial charge on any atom is 0.255 e. The highest BCUT2D eigenvalue weighted by Crippen LogP contribution is 2.34. The Balaban J connectivity index is 1.24. The van der Waals surface area contributed by atoms with Gasteiger partial charge in [0.2, 0.25) is 15.7 Å². The maximum absolute atomic E-state index is 13.5. The van der Waals surface area contributed by atoms with Gasteiger partial charge in [-0.05, 0) is 43.2 Å². The third-order valence-electron chi connectivity index (χ3n) is 7.56. The number of anilines is 3. The van der Waals surface area contributed by atoms with Crippen molar-refractivity contribution >= 4 is 61.9 Å². The van der Waals surface area contributed by atoms with E-state index in [4.69, 9.17) is 34.9 Å². The molecule has 0 aliphatic carbocycles. The molecular weight excluding hydrogens is 583 g/mol. The number of benzene rings is 3. The minimum atomic E-state index is -3.88. The van der Waals surface area contributed by atoms with Gasteiger partial charge in [-0.3, -0.25) is 4.79 Å². The van der Waals surface area contributed by atoms with Crippen LogP contribution in [-0.4, -0.2) is 64.5 Å². The largest absolute Gasteiger partial charge is 0.381 e. The van der Waals surface area contributed by atoms with Gasteiger partial charge in [-0.2, -0.15) is 0 Å². The van der Waals surface area contributed by atoms with Gasteiger partial charge in [0.15, 0.2) is 0 Å². The smallest absolute Gasteiger partial charge is 0.255 e. The molecule has 2 fully saturated rings. The molecule has 41 heavy (non-hydrogen) atoms. The van der Waals surface area contributed by atoms with Crippen molar-refractivity contribution in [2.45, 2.75) is 23.8 Å². The molecule has 12 heteroatoms. The van der Waals surface area contributed by atoms with Gasteiger partial charge in [-0.1, -0.05) is 53.5 Å². The number of carbonyl (C=O) groups is 1. The minimum absolute atomic E-state index is 0.0673. The fourth-order valence-corrected chi connectivity index (χ4v) is 6.69. The highest BCUT2D eigenvalue weighted by atomic mass is 35.5. The number of nitrogens with two attached hydrogens (primary N) is 1. The first kappa shape index (κ1) is 29.0. The van der Waals surface area contributed by atoms with E-state index in [1.807, 2.05) is 29.2 Å². The minimum Gasteiger partial charge on any atom is -0.381 e. The Morgan fingerprint density at radius 2 is 1.49 bits per heavy atom. The second-order valence-corrected chi connectivity index (χ2v) is 12.5. The Kier molecular flexibility index (Phi) is 8.61. The van der Waals surface area contributed by atoms with Crippen LogP contribution in [0.25, 0.3) is 4.85 Å². The van der Waals surface area contributed by atoms with Crippen LogP contribution in [0, 0.1) is 6.57 Å². The molecule has 2 aliphatic heterocycles. The SMILES string of the molecule is [C-]#[N+]c1ccccc1N1CCC(Nc2cc(C(=O)N3CCN(c4ccccc4S(N)(=O)=O)CC3)c(Cl)cc2Cl)CC1. The van der Waals surface area contributed by atoms with Crippen molar-refractivity contribution in [3.05, 3.63) is 87.7 Å². The molecule has 0 unspecified atom stereocenters. The summed E-state index contributed by atoms with van der Waals surface area (Å²) in [6.45, 7) is 10.7. The predicted molar refractivity (Wildman–Crippen MR) is 164 cm³/mol. The molecule has 0 spiro atoms. The molecule has 3 aromatic carbocycles. The number of nitrogens with zero attached hydrogens (tertiary/aromatic N) is 4. The standard InChI is InChI=1S/C29H30Cl2N6O3S/c1-33-24-6-2-3-7-26(24)35-12-10-20(11-13-35)34-25-18-21(22(30)19-23(25)31)29(38)37-16-14-36(15-17-37)27-8-4-5-9-28(27)41(32,39)40/h2-9,18-20,34H,10-17H2,(H2,32,39,40). The Morgan fingerprint density at radius 1 is 0.878 bits per heavy atom. The van der Waals surface area contributed by atoms with E-state index in [0.717, 1.165) is 31.6 Å². The van der Waals surface area contributed by atoms with E-state index < -0.39 is 10.0 Å². The number of rotatable bonds is 6. The zero-order valence-electron chi connectivity index (χ0n) is 22.3. The summed E-state index contributed by atoms with van der Waals surface area (Å²) in [5.74, 6) is -0.209. The second-order valence-electron chi connectivity index (χ2n) is 10.1. The van der Waals surface area contributed by atoms with Crippen LogP contribution >= 0.6 is 23.2 Å². The van der Waals surface area contributed by atoms with Gasteiger partial charge in [-0.15, -0.1) is 0 Å². The average Bonchev–Trinajstić information content (AvgIpc) is 2.98. The molecule has 5 rings (SSSR count). The van der Waals surface area contributed by atoms with Crippen LogP contribution in [0.1, 0.15) is 23.2 Å². The molecule has 0 bridgehead atoms. The Hall–Kier alpha value is -3.49. The summed E-state index contributed by atoms with van der Waals surface area (Å²) in [5, 5.41) is 9.62. The topological polar surface area (TPSA) is 103 Å². The number of piperidine rings is 1. The number of sulfonamides is 1. The fraction of sp³-hybridized carbons (Fsp3) is 0.310. The van der Waals surface area contributed by atoms with Crippen LogP contribution in [0.3, 0.4) is 0 Å². The molecule has 3 aromatic rings. The lowest BCUT2D eigenvalue weighted by molar-refractivity contribution is 0.0747. The van der Waals surface area contributed by atoms with Gasteiger partial charge in [0.25, 0.3) is 5.91 Å². The summed E-state index contributed by atoms with van der Waals surface area (Å²) in [6.07, 6.45) is 1.69. The van der Waals surface area contributed by atoms with Gasteiger partial charge in [0.1, 0.15) is 4.90 Å². The van der Waals surface area contributed by atoms with E-state index >= 15 is 0 Å². The predicted octanol–water partition coefficient (Wildman–Crippen LogP) is 5.23. The van der Waals surface area contributed by atoms with Crippen molar-refractivity contribution in [2.75, 3.05) is 54.4 Å². The van der Waals surface area contributed by atoms with E-state index in [0.29, 0.717) is 53.8 Å². The Bertz CT molecular complexity index is 1590. The highest BCUT2D eigenvalue weighted by Gasteiger charge is 2.28. The third kappa shape index (κ3) is 6.39. The first-order valence-electron chi connectivity index (χ1n) is 13.3. The summed E-state index contributed by atoms with van der Waals surface area (Å²) in [4.78, 5) is 23.1. The molecule has 0 atom stereocenters. The van der Waals surface area contributed by atoms with E-state index in [-0.39, 0.29) is 21.9 Å². The lowest BCUT2D eigenvalue weighted by Crippen LogP contribution is -2.49. The van der Waals surface area contributed by atoms with E-state index in [2.05, 4.69) is 15.1 Å². The first-order chi connectivity index (χ1) is 19.7. The number of halogens is 2. The molecule has 2 aliphatic rings. The van der Waals surface area contributed by atoms with Crippen molar-refractivity contribution in [2.24, 2.45) is 5.14 Å². The number of hydrogen-bond donors (Lipinski definition) is 2. The molecule has 214 valence electrons. The molecule has 0 radical (unpaired) electrons. The summed E-state index contributed by atoms with van der Waals surface area (Å²) in [7, 11) is -3.88. The Morgan fingerprint density at radius 3 is 2.15 bits per heavy atom. The van der Waals surface area contributed by atoms with Gasteiger partial charge >= 0.3 is 0 Å². The summed E-state index contributed by atoms with van der Waals surface area (Å²) < 4.78 is 24.1. The number of carbonyl (C=O) groups excluding carboxylic acids is 1. The van der Waals surface area contributed by atoms with Crippen LogP contribution in [0.4, 0.5) is 22.7 Å². The van der Waals surface area contributed by atoms with Crippen molar-refractivity contribution in [3.63, 3.8) is 0 Å². The molecule has 9 nitrogen and oxygen atoms in total. The Labute approximate surface area is 250 Å². The maximum atomic E-state index is 13.5. The molecular formula is C29H30Cl2N6O3S. The lowest BCUT2D eigenvalue weighted by Gasteiger charge is -2.37. The number of para-hydroxylation sites is 3. The van der Waals surface area contributed by atoms with Gasteiger partial charge in [0.05, 0.1) is 33.6 Å². The van der Waals surface area contributed by atoms with Crippen molar-refractivity contribution in [1.82, 2.24) is 4.90 Å². The van der Waals surface area contributed by atoms with Crippen molar-refractivity contribution in [1.29, 1.82) is 0 Å². The molecule has 2 saturated heterocycles. The van der Waals surface area contributed by atoms with Crippen LogP contribution in [0.2, 0.25) is 10.0 Å². The van der Waals surface area contributed by atoms with E-state index in [1.165, 1.54) is 6.07 Å². The zero-order valence-corrected chi connectivity index (χ0v) is 24.6. The summed E-state index contributed by atoms with van der Waals surface area (Å²) in [5.41, 5.74) is 3.14. The average molecular weight is 614 g/mol. The zero-order chi connectivity index (χ0) is 29.1. The lowest BCUT2D eigenvalue weighted by atomic mass is 10.0. The second kappa shape index (κ2) is 12.2. The number of amides is 1. The van der Waals surface area contributed by atoms with Crippen LogP contribution < -0.4 is 20.3 Å². The summed E-state index contributed by atoms with van der Waals surface area (Å²) in [6, 6.07) is 17.7. The number of primary sulfonamides is 1. The number of piperazine rings is 1. The molecule has 0 saturated carbocycles. The van der Waals surface area contributed by atoms with Crippen LogP contribution in [0.15, 0.2) is 65.6 Å². The highest BCUT2D eigenvalue weighted by molar-refractivity contribution is 7.89. The van der Waals surface area contributed by atoms with Crippen LogP contribution in [-0.2, 0) is 10.0 Å². The number of hydrogen-bond acceptors (Lipinski definition) is 6. The molecule has 2 heterocycles. The molecule has 3 N–H and O–H groups in total. The molecule has 0 aromatic heterocycles. The molecule has 1 amide bonds. The van der Waals surface area contributed by atoms with E-state index in [1.54, 1.807) is 35.2 Å². The number of nitrogens with one attached hydrogen (secondary N) is 1. The normalized spacial score (nSPS) is 16.4. The van der Waals surface area contributed by atoms with Crippen molar-refractivity contribution < 1.29 is 13.2 Å². The van der Waals surface area contributed by atoms with Crippen molar-refractivity contribution in [3.8, 4) is 0 Å². The van der Waals surface area contributed by atoms with Gasteiger partial charge in [0, 0.05) is 51.0 Å². The van der Waals surface area contributed by atoms with Gasteiger partial charge < -0.3 is 20.0 Å². The first-order valence-corrected chi connectivity index (χ1v) is 15.6. The van der Waals surface area contributed by atoms with Gasteiger partial charge in [-0.25, -0.2) is 18.4 Å². The fourth-order valence-electron chi connectivity index (χ4n) is 5.41. The monoisotopic (exact) mass is 612 g/mol. The van der Waals surface area contributed by atoms with Crippen LogP contribution in [0.5, 0.6) is 0 Å². The van der Waals surface area contributed by atoms with E-state index in [9.17, 15) is 13.2 Å². The third-order valence-corrected chi connectivity index (χ3v) is 9.15. The summed E-state index contributed by atoms with van der Waals surface area (Å²) >= 11 is 13.0.